The second-order valence-electron chi connectivity index (χ2n) is 7.50. The highest BCUT2D eigenvalue weighted by Crippen LogP contribution is 2.50. The van der Waals surface area contributed by atoms with Crippen LogP contribution in [0.3, 0.4) is 0 Å². The first-order valence-electron chi connectivity index (χ1n) is 8.39. The minimum absolute atomic E-state index is 0.231. The second kappa shape index (κ2) is 7.04. The van der Waals surface area contributed by atoms with E-state index in [-0.39, 0.29) is 18.2 Å². The molecule has 1 aliphatic heterocycles. The lowest BCUT2D eigenvalue weighted by Gasteiger charge is -2.49. The molecule has 0 bridgehead atoms. The monoisotopic (exact) mass is 348 g/mol. The summed E-state index contributed by atoms with van der Waals surface area (Å²) in [6, 6.07) is 5.52. The van der Waals surface area contributed by atoms with Gasteiger partial charge in [0.15, 0.2) is 0 Å². The number of carbonyl (C=O) groups excluding carboxylic acids is 2. The molecule has 1 fully saturated rings. The zero-order valence-corrected chi connectivity index (χ0v) is 15.9. The molecule has 6 nitrogen and oxygen atoms in total. The van der Waals surface area contributed by atoms with Crippen LogP contribution in [0.1, 0.15) is 32.3 Å². The van der Waals surface area contributed by atoms with Gasteiger partial charge in [-0.15, -0.1) is 0 Å². The number of carbonyl (C=O) groups is 2. The van der Waals surface area contributed by atoms with Crippen molar-refractivity contribution in [2.75, 3.05) is 34.9 Å². The van der Waals surface area contributed by atoms with Gasteiger partial charge < -0.3 is 14.4 Å². The van der Waals surface area contributed by atoms with E-state index in [1.807, 2.05) is 45.0 Å². The molecule has 1 saturated heterocycles. The first-order chi connectivity index (χ1) is 11.7. The molecule has 1 aromatic carbocycles. The zero-order chi connectivity index (χ0) is 18.8. The van der Waals surface area contributed by atoms with Gasteiger partial charge in [0.1, 0.15) is 11.5 Å². The van der Waals surface area contributed by atoms with Crippen molar-refractivity contribution in [2.45, 2.75) is 32.1 Å². The highest BCUT2D eigenvalue weighted by atomic mass is 16.5. The van der Waals surface area contributed by atoms with E-state index >= 15 is 0 Å². The van der Waals surface area contributed by atoms with Crippen LogP contribution in [0.2, 0.25) is 0 Å². The molecule has 1 unspecified atom stereocenters. The third-order valence-electron chi connectivity index (χ3n) is 5.18. The SMILES string of the molecule is COc1cc(OC)cc(C2(CCN(C)C)C(=O)NC(=O)CC2(C)C)c1. The van der Waals surface area contributed by atoms with E-state index < -0.39 is 10.8 Å². The van der Waals surface area contributed by atoms with E-state index in [0.717, 1.165) is 5.56 Å². The third kappa shape index (κ3) is 3.49. The van der Waals surface area contributed by atoms with Crippen molar-refractivity contribution >= 4 is 11.8 Å². The highest BCUT2D eigenvalue weighted by Gasteiger charge is 2.56. The fraction of sp³-hybridized carbons (Fsp3) is 0.579. The molecular formula is C19H28N2O4. The third-order valence-corrected chi connectivity index (χ3v) is 5.18. The van der Waals surface area contributed by atoms with Crippen LogP contribution in [0.4, 0.5) is 0 Å². The standard InChI is InChI=1S/C19H28N2O4/c1-18(2)12-16(22)20-17(23)19(18,7-8-21(3)4)13-9-14(24-5)11-15(10-13)25-6/h9-11H,7-8,12H2,1-6H3,(H,20,22,23). The Labute approximate surface area is 149 Å². The van der Waals surface area contributed by atoms with E-state index in [1.54, 1.807) is 20.3 Å². The van der Waals surface area contributed by atoms with Crippen molar-refractivity contribution in [1.82, 2.24) is 10.2 Å². The zero-order valence-electron chi connectivity index (χ0n) is 15.9. The minimum atomic E-state index is -0.854. The summed E-state index contributed by atoms with van der Waals surface area (Å²) in [6.45, 7) is 4.67. The molecule has 1 atom stereocenters. The number of methoxy groups -OCH3 is 2. The maximum absolute atomic E-state index is 13.1. The van der Waals surface area contributed by atoms with Gasteiger partial charge in [0, 0.05) is 12.5 Å². The van der Waals surface area contributed by atoms with Gasteiger partial charge in [-0.1, -0.05) is 13.8 Å². The molecular weight excluding hydrogens is 320 g/mol. The van der Waals surface area contributed by atoms with E-state index in [0.29, 0.717) is 24.5 Å². The van der Waals surface area contributed by atoms with Crippen LogP contribution >= 0.6 is 0 Å². The topological polar surface area (TPSA) is 67.9 Å². The van der Waals surface area contributed by atoms with Crippen LogP contribution < -0.4 is 14.8 Å². The normalized spacial score (nSPS) is 22.7. The molecule has 1 aromatic rings. The minimum Gasteiger partial charge on any atom is -0.497 e. The number of ether oxygens (including phenoxy) is 2. The van der Waals surface area contributed by atoms with E-state index in [9.17, 15) is 9.59 Å². The first-order valence-corrected chi connectivity index (χ1v) is 8.39. The Balaban J connectivity index is 2.67. The Kier molecular flexibility index (Phi) is 5.42. The van der Waals surface area contributed by atoms with Crippen molar-refractivity contribution in [2.24, 2.45) is 5.41 Å². The van der Waals surface area contributed by atoms with Crippen molar-refractivity contribution in [1.29, 1.82) is 0 Å². The Bertz CT molecular complexity index is 647. The second-order valence-corrected chi connectivity index (χ2v) is 7.50. The molecule has 0 aromatic heterocycles. The summed E-state index contributed by atoms with van der Waals surface area (Å²) in [5.41, 5.74) is -0.590. The Morgan fingerprint density at radius 1 is 1.08 bits per heavy atom. The first kappa shape index (κ1) is 19.2. The number of nitrogens with one attached hydrogen (secondary N) is 1. The fourth-order valence-electron chi connectivity index (χ4n) is 3.70. The van der Waals surface area contributed by atoms with Gasteiger partial charge >= 0.3 is 0 Å². The lowest BCUT2D eigenvalue weighted by Crippen LogP contribution is -2.61. The highest BCUT2D eigenvalue weighted by molar-refractivity contribution is 6.04. The van der Waals surface area contributed by atoms with E-state index in [4.69, 9.17) is 9.47 Å². The smallest absolute Gasteiger partial charge is 0.237 e. The maximum Gasteiger partial charge on any atom is 0.237 e. The average Bonchev–Trinajstić information content (AvgIpc) is 2.52. The number of amides is 2. The molecule has 1 aliphatic rings. The number of nitrogens with zero attached hydrogens (tertiary/aromatic N) is 1. The summed E-state index contributed by atoms with van der Waals surface area (Å²) >= 11 is 0. The molecule has 2 rings (SSSR count). The fourth-order valence-corrected chi connectivity index (χ4v) is 3.70. The summed E-state index contributed by atoms with van der Waals surface area (Å²) in [5.74, 6) is 0.759. The average molecular weight is 348 g/mol. The predicted octanol–water partition coefficient (Wildman–Crippen LogP) is 1.97. The summed E-state index contributed by atoms with van der Waals surface area (Å²) in [7, 11) is 7.11. The van der Waals surface area contributed by atoms with Crippen LogP contribution in [-0.4, -0.2) is 51.6 Å². The van der Waals surface area contributed by atoms with Crippen molar-refractivity contribution < 1.29 is 19.1 Å². The van der Waals surface area contributed by atoms with Gasteiger partial charge in [-0.05, 0) is 50.2 Å². The quantitative estimate of drug-likeness (QED) is 0.796. The molecule has 1 N–H and O–H groups in total. The molecule has 1 heterocycles. The van der Waals surface area contributed by atoms with Crippen LogP contribution in [0.5, 0.6) is 11.5 Å². The van der Waals surface area contributed by atoms with Crippen LogP contribution in [-0.2, 0) is 15.0 Å². The van der Waals surface area contributed by atoms with Crippen molar-refractivity contribution in [3.63, 3.8) is 0 Å². The number of hydrogen-bond acceptors (Lipinski definition) is 5. The summed E-state index contributed by atoms with van der Waals surface area (Å²) in [5, 5.41) is 2.54. The largest absolute Gasteiger partial charge is 0.497 e. The molecule has 138 valence electrons. The lowest BCUT2D eigenvalue weighted by atomic mass is 9.56. The number of imide groups is 1. The van der Waals surface area contributed by atoms with Gasteiger partial charge in [-0.25, -0.2) is 0 Å². The molecule has 0 saturated carbocycles. The van der Waals surface area contributed by atoms with Gasteiger partial charge in [0.05, 0.1) is 19.6 Å². The lowest BCUT2D eigenvalue weighted by molar-refractivity contribution is -0.145. The summed E-state index contributed by atoms with van der Waals surface area (Å²) < 4.78 is 10.8. The van der Waals surface area contributed by atoms with Crippen molar-refractivity contribution in [3.8, 4) is 11.5 Å². The van der Waals surface area contributed by atoms with Gasteiger partial charge in [0.25, 0.3) is 0 Å². The molecule has 25 heavy (non-hydrogen) atoms. The molecule has 0 aliphatic carbocycles. The van der Waals surface area contributed by atoms with Gasteiger partial charge in [-0.3, -0.25) is 14.9 Å². The molecule has 0 radical (unpaired) electrons. The van der Waals surface area contributed by atoms with E-state index in [1.165, 1.54) is 0 Å². The number of rotatable bonds is 6. The Morgan fingerprint density at radius 3 is 2.08 bits per heavy atom. The van der Waals surface area contributed by atoms with Crippen LogP contribution in [0.25, 0.3) is 0 Å². The molecule has 6 heteroatoms. The summed E-state index contributed by atoms with van der Waals surface area (Å²) in [6.07, 6.45) is 0.869. The van der Waals surface area contributed by atoms with Crippen LogP contribution in [0, 0.1) is 5.41 Å². The maximum atomic E-state index is 13.1. The number of hydrogen-bond donors (Lipinski definition) is 1. The van der Waals surface area contributed by atoms with Crippen LogP contribution in [0.15, 0.2) is 18.2 Å². The Morgan fingerprint density at radius 2 is 1.64 bits per heavy atom. The predicted molar refractivity (Wildman–Crippen MR) is 95.9 cm³/mol. The number of piperidine rings is 1. The molecule has 0 spiro atoms. The van der Waals surface area contributed by atoms with Gasteiger partial charge in [-0.2, -0.15) is 0 Å². The van der Waals surface area contributed by atoms with Crippen molar-refractivity contribution in [3.05, 3.63) is 23.8 Å². The van der Waals surface area contributed by atoms with E-state index in [2.05, 4.69) is 5.32 Å². The van der Waals surface area contributed by atoms with Gasteiger partial charge in [0.2, 0.25) is 11.8 Å². The molecule has 2 amide bonds. The summed E-state index contributed by atoms with van der Waals surface area (Å²) in [4.78, 5) is 27.2. The number of benzene rings is 1. The Hall–Kier alpha value is -2.08.